The average molecular weight is 545 g/mol. The predicted molar refractivity (Wildman–Crippen MR) is 150 cm³/mol. The summed E-state index contributed by atoms with van der Waals surface area (Å²) in [5.74, 6) is -0.236. The van der Waals surface area contributed by atoms with Crippen molar-refractivity contribution in [1.29, 1.82) is 0 Å². The van der Waals surface area contributed by atoms with E-state index in [0.717, 1.165) is 57.8 Å². The van der Waals surface area contributed by atoms with Crippen LogP contribution in [0, 0.1) is 0 Å². The molecule has 0 aromatic carbocycles. The van der Waals surface area contributed by atoms with Gasteiger partial charge in [0.05, 0.1) is 39.9 Å². The Morgan fingerprint density at radius 1 is 0.919 bits per heavy atom. The van der Waals surface area contributed by atoms with Gasteiger partial charge in [0.2, 0.25) is 5.91 Å². The van der Waals surface area contributed by atoms with Crippen LogP contribution in [0.4, 0.5) is 0 Å². The highest BCUT2D eigenvalue weighted by Gasteiger charge is 2.23. The molecular formula is C28H53N2O6P. The smallest absolute Gasteiger partial charge is 0.268 e. The molecule has 9 heteroatoms. The molecule has 0 radical (unpaired) electrons. The number of rotatable bonds is 23. The number of carbonyl (C=O) groups excluding carboxylic acids is 1. The van der Waals surface area contributed by atoms with Crippen molar-refractivity contribution < 1.29 is 32.9 Å². The lowest BCUT2D eigenvalue weighted by atomic mass is 10.1. The van der Waals surface area contributed by atoms with Crippen LogP contribution in [0.1, 0.15) is 84.5 Å². The number of quaternary nitrogens is 1. The molecular weight excluding hydrogens is 491 g/mol. The first kappa shape index (κ1) is 35.7. The van der Waals surface area contributed by atoms with Crippen LogP contribution in [0.15, 0.2) is 36.5 Å². The molecule has 1 amide bonds. The van der Waals surface area contributed by atoms with Crippen LogP contribution in [-0.2, 0) is 18.4 Å². The molecule has 37 heavy (non-hydrogen) atoms. The molecule has 3 unspecified atom stereocenters. The Bertz CT molecular complexity index is 718. The molecule has 0 saturated heterocycles. The molecule has 0 aromatic rings. The zero-order valence-corrected chi connectivity index (χ0v) is 24.8. The van der Waals surface area contributed by atoms with Gasteiger partial charge in [-0.3, -0.25) is 9.36 Å². The van der Waals surface area contributed by atoms with Gasteiger partial charge in [0.25, 0.3) is 7.82 Å². The first-order valence-corrected chi connectivity index (χ1v) is 15.3. The second-order valence-corrected chi connectivity index (χ2v) is 11.8. The Labute approximate surface area is 226 Å². The third-order valence-corrected chi connectivity index (χ3v) is 6.53. The molecule has 2 N–H and O–H groups in total. The van der Waals surface area contributed by atoms with E-state index in [1.807, 2.05) is 27.2 Å². The monoisotopic (exact) mass is 544 g/mol. The van der Waals surface area contributed by atoms with Crippen LogP contribution in [0.5, 0.6) is 0 Å². The number of unbranched alkanes of at least 4 members (excludes halogenated alkanes) is 6. The number of allylic oxidation sites excluding steroid dienone is 5. The lowest BCUT2D eigenvalue weighted by molar-refractivity contribution is -0.870. The van der Waals surface area contributed by atoms with Crippen molar-refractivity contribution in [2.24, 2.45) is 0 Å². The highest BCUT2D eigenvalue weighted by Crippen LogP contribution is 2.38. The normalized spacial score (nSPS) is 16.0. The molecule has 0 fully saturated rings. The summed E-state index contributed by atoms with van der Waals surface area (Å²) < 4.78 is 22.7. The fourth-order valence-electron chi connectivity index (χ4n) is 3.25. The molecule has 3 atom stereocenters. The van der Waals surface area contributed by atoms with E-state index in [1.165, 1.54) is 6.42 Å². The van der Waals surface area contributed by atoms with E-state index < -0.39 is 26.6 Å². The van der Waals surface area contributed by atoms with Crippen molar-refractivity contribution in [3.05, 3.63) is 36.5 Å². The van der Waals surface area contributed by atoms with Crippen LogP contribution >= 0.6 is 7.82 Å². The summed E-state index contributed by atoms with van der Waals surface area (Å²) >= 11 is 0. The predicted octanol–water partition coefficient (Wildman–Crippen LogP) is 5.04. The lowest BCUT2D eigenvalue weighted by Crippen LogP contribution is -2.45. The Balaban J connectivity index is 4.77. The number of hydrogen-bond acceptors (Lipinski definition) is 6. The van der Waals surface area contributed by atoms with Crippen LogP contribution in [0.25, 0.3) is 0 Å². The molecule has 0 aromatic heterocycles. The molecule has 0 aliphatic carbocycles. The maximum atomic E-state index is 12.4. The number of aliphatic hydroxyl groups excluding tert-OH is 1. The third kappa shape index (κ3) is 23.6. The van der Waals surface area contributed by atoms with Crippen LogP contribution in [-0.4, -0.2) is 68.5 Å². The Hall–Kier alpha value is -1.28. The van der Waals surface area contributed by atoms with Gasteiger partial charge in [-0.1, -0.05) is 76.0 Å². The molecule has 0 bridgehead atoms. The van der Waals surface area contributed by atoms with Crippen molar-refractivity contribution in [3.63, 3.8) is 0 Å². The maximum absolute atomic E-state index is 12.4. The van der Waals surface area contributed by atoms with E-state index in [9.17, 15) is 19.4 Å². The quantitative estimate of drug-likeness (QED) is 0.0808. The van der Waals surface area contributed by atoms with Gasteiger partial charge in [-0.05, 0) is 38.5 Å². The summed E-state index contributed by atoms with van der Waals surface area (Å²) in [6.07, 6.45) is 21.1. The maximum Gasteiger partial charge on any atom is 0.268 e. The van der Waals surface area contributed by atoms with Crippen LogP contribution in [0.2, 0.25) is 0 Å². The van der Waals surface area contributed by atoms with E-state index in [-0.39, 0.29) is 12.5 Å². The Morgan fingerprint density at radius 3 is 2.08 bits per heavy atom. The number of aliphatic hydroxyl groups is 1. The molecule has 0 rings (SSSR count). The van der Waals surface area contributed by atoms with Gasteiger partial charge < -0.3 is 28.8 Å². The zero-order chi connectivity index (χ0) is 28.0. The number of nitrogens with one attached hydrogen (secondary N) is 1. The van der Waals surface area contributed by atoms with E-state index >= 15 is 0 Å². The molecule has 8 nitrogen and oxygen atoms in total. The highest BCUT2D eigenvalue weighted by molar-refractivity contribution is 7.45. The van der Waals surface area contributed by atoms with Crippen molar-refractivity contribution in [2.45, 2.75) is 96.6 Å². The van der Waals surface area contributed by atoms with Gasteiger partial charge in [-0.15, -0.1) is 0 Å². The average Bonchev–Trinajstić information content (AvgIpc) is 2.81. The SMILES string of the molecule is CCC/C=C/CC/C=C/CC/C=C/C(O)C(COP(=O)([O-])OCC[N+](C)(C)C)NC(=O)CCCCCC. The zero-order valence-electron chi connectivity index (χ0n) is 23.9. The van der Waals surface area contributed by atoms with E-state index in [1.54, 1.807) is 6.08 Å². The summed E-state index contributed by atoms with van der Waals surface area (Å²) in [6.45, 7) is 4.34. The van der Waals surface area contributed by atoms with Crippen molar-refractivity contribution >= 4 is 13.7 Å². The summed E-state index contributed by atoms with van der Waals surface area (Å²) in [4.78, 5) is 24.6. The molecule has 0 aliphatic heterocycles. The highest BCUT2D eigenvalue weighted by atomic mass is 31.2. The number of likely N-dealkylation sites (N-methyl/N-ethyl adjacent to an activating group) is 1. The Kier molecular flexibility index (Phi) is 20.9. The second kappa shape index (κ2) is 21.6. The van der Waals surface area contributed by atoms with Gasteiger partial charge in [0.1, 0.15) is 13.2 Å². The number of carbonyl (C=O) groups is 1. The van der Waals surface area contributed by atoms with E-state index in [2.05, 4.69) is 43.5 Å². The standard InChI is InChI=1S/C28H53N2O6P/c1-6-8-10-12-13-14-15-16-17-18-19-21-27(31)26(29-28(32)22-20-11-9-7-2)25-36-37(33,34)35-24-23-30(3,4)5/h10,12,15-16,19,21,26-27,31H,6-9,11,13-14,17-18,20,22-25H2,1-5H3,(H-,29,32,33,34)/b12-10+,16-15+,21-19+. The van der Waals surface area contributed by atoms with Crippen molar-refractivity contribution in [1.82, 2.24) is 5.32 Å². The van der Waals surface area contributed by atoms with E-state index in [0.29, 0.717) is 17.4 Å². The van der Waals surface area contributed by atoms with E-state index in [4.69, 9.17) is 9.05 Å². The summed E-state index contributed by atoms with van der Waals surface area (Å²) in [5.41, 5.74) is 0. The van der Waals surface area contributed by atoms with Crippen molar-refractivity contribution in [2.75, 3.05) is 40.9 Å². The number of phosphoric acid groups is 1. The Morgan fingerprint density at radius 2 is 1.51 bits per heavy atom. The van der Waals surface area contributed by atoms with Gasteiger partial charge >= 0.3 is 0 Å². The fraction of sp³-hybridized carbons (Fsp3) is 0.750. The van der Waals surface area contributed by atoms with Gasteiger partial charge in [-0.25, -0.2) is 0 Å². The molecule has 0 heterocycles. The minimum absolute atomic E-state index is 0.0102. The minimum atomic E-state index is -4.56. The lowest BCUT2D eigenvalue weighted by Gasteiger charge is -2.29. The van der Waals surface area contributed by atoms with Crippen LogP contribution in [0.3, 0.4) is 0 Å². The minimum Gasteiger partial charge on any atom is -0.756 e. The molecule has 0 spiro atoms. The number of hydrogen-bond donors (Lipinski definition) is 2. The summed E-state index contributed by atoms with van der Waals surface area (Å²) in [5, 5.41) is 13.4. The number of amides is 1. The van der Waals surface area contributed by atoms with Gasteiger partial charge in [0, 0.05) is 6.42 Å². The third-order valence-electron chi connectivity index (χ3n) is 5.56. The van der Waals surface area contributed by atoms with Crippen LogP contribution < -0.4 is 10.2 Å². The number of phosphoric ester groups is 1. The second-order valence-electron chi connectivity index (χ2n) is 10.4. The molecule has 0 aliphatic rings. The van der Waals surface area contributed by atoms with Gasteiger partial charge in [-0.2, -0.15) is 0 Å². The van der Waals surface area contributed by atoms with Gasteiger partial charge in [0.15, 0.2) is 0 Å². The first-order valence-electron chi connectivity index (χ1n) is 13.9. The fourth-order valence-corrected chi connectivity index (χ4v) is 3.97. The number of nitrogens with zero attached hydrogens (tertiary/aromatic N) is 1. The topological polar surface area (TPSA) is 108 Å². The van der Waals surface area contributed by atoms with Crippen molar-refractivity contribution in [3.8, 4) is 0 Å². The first-order chi connectivity index (χ1) is 17.5. The summed E-state index contributed by atoms with van der Waals surface area (Å²) in [7, 11) is 1.22. The molecule has 0 saturated carbocycles. The molecule has 216 valence electrons. The largest absolute Gasteiger partial charge is 0.756 e. The summed E-state index contributed by atoms with van der Waals surface area (Å²) in [6, 6.07) is -0.898.